The molecule has 1 aliphatic carbocycles. The largest absolute Gasteiger partial charge is 0.330 e. The van der Waals surface area contributed by atoms with Gasteiger partial charge >= 0.3 is 0 Å². The van der Waals surface area contributed by atoms with Gasteiger partial charge in [-0.15, -0.1) is 0 Å². The van der Waals surface area contributed by atoms with E-state index in [0.717, 1.165) is 18.5 Å². The van der Waals surface area contributed by atoms with E-state index in [1.54, 1.807) is 0 Å². The Bertz CT molecular complexity index is 132. The lowest BCUT2D eigenvalue weighted by Gasteiger charge is -2.24. The Labute approximate surface area is 82.5 Å². The molecular formula is C11H24N2. The molecule has 0 aliphatic heterocycles. The van der Waals surface area contributed by atoms with Crippen molar-refractivity contribution in [3.8, 4) is 0 Å². The van der Waals surface area contributed by atoms with E-state index < -0.39 is 0 Å². The van der Waals surface area contributed by atoms with Crippen LogP contribution in [0.3, 0.4) is 0 Å². The first-order valence-electron chi connectivity index (χ1n) is 5.72. The topological polar surface area (TPSA) is 29.3 Å². The molecule has 78 valence electrons. The van der Waals surface area contributed by atoms with E-state index >= 15 is 0 Å². The molecule has 2 nitrogen and oxygen atoms in total. The van der Waals surface area contributed by atoms with E-state index in [9.17, 15) is 0 Å². The predicted octanol–water partition coefficient (Wildman–Crippen LogP) is 1.85. The van der Waals surface area contributed by atoms with Gasteiger partial charge in [-0.3, -0.25) is 0 Å². The van der Waals surface area contributed by atoms with E-state index in [0.29, 0.717) is 0 Å². The van der Waals surface area contributed by atoms with Crippen molar-refractivity contribution >= 4 is 0 Å². The Morgan fingerprint density at radius 1 is 1.46 bits per heavy atom. The van der Waals surface area contributed by atoms with Crippen molar-refractivity contribution in [3.05, 3.63) is 0 Å². The third-order valence-electron chi connectivity index (χ3n) is 2.78. The zero-order valence-electron chi connectivity index (χ0n) is 9.13. The van der Waals surface area contributed by atoms with Crippen molar-refractivity contribution in [3.63, 3.8) is 0 Å². The van der Waals surface area contributed by atoms with E-state index in [-0.39, 0.29) is 0 Å². The fourth-order valence-corrected chi connectivity index (χ4v) is 1.93. The lowest BCUT2D eigenvalue weighted by atomic mass is 10.1. The Morgan fingerprint density at radius 2 is 2.15 bits per heavy atom. The number of nitrogens with zero attached hydrogens (tertiary/aromatic N) is 1. The highest BCUT2D eigenvalue weighted by Gasteiger charge is 2.28. The van der Waals surface area contributed by atoms with Gasteiger partial charge < -0.3 is 10.6 Å². The second-order valence-electron chi connectivity index (χ2n) is 4.41. The predicted molar refractivity (Wildman–Crippen MR) is 57.7 cm³/mol. The van der Waals surface area contributed by atoms with Crippen molar-refractivity contribution in [2.75, 3.05) is 19.6 Å². The fourth-order valence-electron chi connectivity index (χ4n) is 1.93. The number of nitrogens with two attached hydrogens (primary N) is 1. The summed E-state index contributed by atoms with van der Waals surface area (Å²) in [5.74, 6) is 0.775. The zero-order chi connectivity index (χ0) is 9.68. The first kappa shape index (κ1) is 11.0. The highest BCUT2D eigenvalue weighted by atomic mass is 15.2. The summed E-state index contributed by atoms with van der Waals surface area (Å²) in [5.41, 5.74) is 5.55. The van der Waals surface area contributed by atoms with Crippen molar-refractivity contribution in [2.45, 2.75) is 45.6 Å². The van der Waals surface area contributed by atoms with Crippen molar-refractivity contribution < 1.29 is 0 Å². The number of hydrogen-bond donors (Lipinski definition) is 1. The van der Waals surface area contributed by atoms with Crippen LogP contribution in [-0.2, 0) is 0 Å². The maximum Gasteiger partial charge on any atom is 0.00965 e. The lowest BCUT2D eigenvalue weighted by molar-refractivity contribution is 0.224. The van der Waals surface area contributed by atoms with E-state index in [1.165, 1.54) is 38.8 Å². The highest BCUT2D eigenvalue weighted by molar-refractivity contribution is 4.84. The molecule has 0 aromatic heterocycles. The molecule has 0 saturated heterocycles. The van der Waals surface area contributed by atoms with E-state index in [1.807, 2.05) is 0 Å². The van der Waals surface area contributed by atoms with Gasteiger partial charge in [-0.05, 0) is 44.7 Å². The minimum absolute atomic E-state index is 0.775. The molecule has 1 atom stereocenters. The van der Waals surface area contributed by atoms with Crippen LogP contribution >= 0.6 is 0 Å². The van der Waals surface area contributed by atoms with Gasteiger partial charge in [0.15, 0.2) is 0 Å². The monoisotopic (exact) mass is 184 g/mol. The smallest absolute Gasteiger partial charge is 0.00965 e. The van der Waals surface area contributed by atoms with Gasteiger partial charge in [0.05, 0.1) is 0 Å². The van der Waals surface area contributed by atoms with Gasteiger partial charge in [0, 0.05) is 12.6 Å². The molecule has 2 heteroatoms. The molecule has 2 N–H and O–H groups in total. The SMILES string of the molecule is CCCN(CC(C)CCN)C1CC1. The Kier molecular flexibility index (Phi) is 4.74. The zero-order valence-corrected chi connectivity index (χ0v) is 9.13. The van der Waals surface area contributed by atoms with Crippen molar-refractivity contribution in [2.24, 2.45) is 11.7 Å². The molecule has 1 aliphatic rings. The van der Waals surface area contributed by atoms with Crippen LogP contribution < -0.4 is 5.73 Å². The van der Waals surface area contributed by atoms with Gasteiger partial charge in [0.25, 0.3) is 0 Å². The summed E-state index contributed by atoms with van der Waals surface area (Å²) in [6, 6.07) is 0.917. The third-order valence-corrected chi connectivity index (χ3v) is 2.78. The van der Waals surface area contributed by atoms with E-state index in [2.05, 4.69) is 18.7 Å². The Hall–Kier alpha value is -0.0800. The van der Waals surface area contributed by atoms with Crippen LogP contribution in [0, 0.1) is 5.92 Å². The maximum atomic E-state index is 5.55. The number of rotatable bonds is 7. The minimum atomic E-state index is 0.775. The average Bonchev–Trinajstić information content (AvgIpc) is 2.86. The van der Waals surface area contributed by atoms with Crippen molar-refractivity contribution in [1.82, 2.24) is 4.90 Å². The van der Waals surface area contributed by atoms with Crippen LogP contribution in [0.25, 0.3) is 0 Å². The van der Waals surface area contributed by atoms with Crippen molar-refractivity contribution in [1.29, 1.82) is 0 Å². The Balaban J connectivity index is 2.20. The first-order valence-corrected chi connectivity index (χ1v) is 5.72. The molecule has 1 unspecified atom stereocenters. The summed E-state index contributed by atoms with van der Waals surface area (Å²) in [4.78, 5) is 2.65. The molecule has 1 fully saturated rings. The third kappa shape index (κ3) is 4.10. The molecular weight excluding hydrogens is 160 g/mol. The van der Waals surface area contributed by atoms with Crippen LogP contribution in [0.2, 0.25) is 0 Å². The molecule has 0 bridgehead atoms. The van der Waals surface area contributed by atoms with Crippen LogP contribution in [0.5, 0.6) is 0 Å². The summed E-state index contributed by atoms with van der Waals surface area (Å²) in [7, 11) is 0. The molecule has 1 rings (SSSR count). The molecule has 0 aromatic rings. The summed E-state index contributed by atoms with van der Waals surface area (Å²) in [6.45, 7) is 7.96. The quantitative estimate of drug-likeness (QED) is 0.654. The molecule has 0 aromatic carbocycles. The molecule has 0 heterocycles. The van der Waals surface area contributed by atoms with E-state index in [4.69, 9.17) is 5.73 Å². The summed E-state index contributed by atoms with van der Waals surface area (Å²) >= 11 is 0. The number of hydrogen-bond acceptors (Lipinski definition) is 2. The summed E-state index contributed by atoms with van der Waals surface area (Å²) in [5, 5.41) is 0. The van der Waals surface area contributed by atoms with Crippen LogP contribution in [0.15, 0.2) is 0 Å². The van der Waals surface area contributed by atoms with Crippen LogP contribution in [0.1, 0.15) is 39.5 Å². The molecule has 0 radical (unpaired) electrons. The fraction of sp³-hybridized carbons (Fsp3) is 1.00. The lowest BCUT2D eigenvalue weighted by Crippen LogP contribution is -2.32. The van der Waals surface area contributed by atoms with Gasteiger partial charge in [-0.1, -0.05) is 13.8 Å². The summed E-state index contributed by atoms with van der Waals surface area (Å²) < 4.78 is 0. The standard InChI is InChI=1S/C11H24N2/c1-3-8-13(11-4-5-11)9-10(2)6-7-12/h10-11H,3-9,12H2,1-2H3. The maximum absolute atomic E-state index is 5.55. The van der Waals surface area contributed by atoms with Gasteiger partial charge in [-0.25, -0.2) is 0 Å². The molecule has 13 heavy (non-hydrogen) atoms. The highest BCUT2D eigenvalue weighted by Crippen LogP contribution is 2.27. The minimum Gasteiger partial charge on any atom is -0.330 e. The Morgan fingerprint density at radius 3 is 2.62 bits per heavy atom. The molecule has 0 spiro atoms. The second-order valence-corrected chi connectivity index (χ2v) is 4.41. The van der Waals surface area contributed by atoms with Gasteiger partial charge in [0.2, 0.25) is 0 Å². The van der Waals surface area contributed by atoms with Crippen LogP contribution in [-0.4, -0.2) is 30.6 Å². The first-order chi connectivity index (χ1) is 6.27. The van der Waals surface area contributed by atoms with Gasteiger partial charge in [0.1, 0.15) is 0 Å². The normalized spacial score (nSPS) is 19.4. The molecule has 1 saturated carbocycles. The summed E-state index contributed by atoms with van der Waals surface area (Å²) in [6.07, 6.45) is 5.31. The average molecular weight is 184 g/mol. The molecule has 0 amide bonds. The second kappa shape index (κ2) is 5.61. The van der Waals surface area contributed by atoms with Gasteiger partial charge in [-0.2, -0.15) is 0 Å². The van der Waals surface area contributed by atoms with Crippen LogP contribution in [0.4, 0.5) is 0 Å².